The van der Waals surface area contributed by atoms with Crippen molar-refractivity contribution < 1.29 is 5.11 Å². The van der Waals surface area contributed by atoms with Crippen LogP contribution < -0.4 is 5.32 Å². The standard InChI is InChI=1S/C9H10BrNO/c10-7-2-1-6-4-11-9(5-12)8(6)3-7/h1-3,9,11-12H,4-5H2. The van der Waals surface area contributed by atoms with Gasteiger partial charge in [0.15, 0.2) is 0 Å². The summed E-state index contributed by atoms with van der Waals surface area (Å²) in [6, 6.07) is 6.30. The predicted molar refractivity (Wildman–Crippen MR) is 50.8 cm³/mol. The molecule has 0 spiro atoms. The highest BCUT2D eigenvalue weighted by molar-refractivity contribution is 9.10. The molecule has 1 aromatic rings. The molecule has 0 aromatic heterocycles. The van der Waals surface area contributed by atoms with Crippen molar-refractivity contribution in [3.63, 3.8) is 0 Å². The number of halogens is 1. The van der Waals surface area contributed by atoms with Crippen LogP contribution in [-0.4, -0.2) is 11.7 Å². The molecule has 0 saturated heterocycles. The molecule has 1 aliphatic heterocycles. The van der Waals surface area contributed by atoms with Gasteiger partial charge in [-0.05, 0) is 23.3 Å². The number of nitrogens with one attached hydrogen (secondary N) is 1. The second-order valence-electron chi connectivity index (χ2n) is 2.96. The van der Waals surface area contributed by atoms with E-state index in [-0.39, 0.29) is 12.6 Å². The molecule has 2 nitrogen and oxygen atoms in total. The van der Waals surface area contributed by atoms with E-state index in [9.17, 15) is 0 Å². The lowest BCUT2D eigenvalue weighted by Crippen LogP contribution is -2.15. The number of aliphatic hydroxyl groups is 1. The maximum absolute atomic E-state index is 9.03. The van der Waals surface area contributed by atoms with Gasteiger partial charge in [-0.25, -0.2) is 0 Å². The van der Waals surface area contributed by atoms with Gasteiger partial charge in [0.2, 0.25) is 0 Å². The molecule has 3 heteroatoms. The zero-order valence-electron chi connectivity index (χ0n) is 6.55. The molecule has 0 aliphatic carbocycles. The predicted octanol–water partition coefficient (Wildman–Crippen LogP) is 1.59. The molecule has 0 bridgehead atoms. The fourth-order valence-corrected chi connectivity index (χ4v) is 1.94. The number of fused-ring (bicyclic) bond motifs is 1. The largest absolute Gasteiger partial charge is 0.394 e. The van der Waals surface area contributed by atoms with Gasteiger partial charge in [0.05, 0.1) is 12.6 Å². The van der Waals surface area contributed by atoms with E-state index in [2.05, 4.69) is 33.4 Å². The van der Waals surface area contributed by atoms with Gasteiger partial charge in [0.1, 0.15) is 0 Å². The van der Waals surface area contributed by atoms with Crippen molar-refractivity contribution in [3.8, 4) is 0 Å². The third kappa shape index (κ3) is 1.28. The Balaban J connectivity index is 2.42. The molecule has 0 fully saturated rings. The van der Waals surface area contributed by atoms with E-state index >= 15 is 0 Å². The highest BCUT2D eigenvalue weighted by atomic mass is 79.9. The summed E-state index contributed by atoms with van der Waals surface area (Å²) in [5.74, 6) is 0. The number of benzene rings is 1. The molecule has 2 rings (SSSR count). The Morgan fingerprint density at radius 3 is 3.17 bits per heavy atom. The first-order valence-corrected chi connectivity index (χ1v) is 4.73. The molecular formula is C9H10BrNO. The van der Waals surface area contributed by atoms with Crippen LogP contribution in [-0.2, 0) is 6.54 Å². The van der Waals surface area contributed by atoms with E-state index in [1.54, 1.807) is 0 Å². The lowest BCUT2D eigenvalue weighted by atomic mass is 10.1. The van der Waals surface area contributed by atoms with Crippen molar-refractivity contribution in [2.24, 2.45) is 0 Å². The number of hydrogen-bond donors (Lipinski definition) is 2. The summed E-state index contributed by atoms with van der Waals surface area (Å²) in [4.78, 5) is 0. The van der Waals surface area contributed by atoms with Crippen LogP contribution in [0.15, 0.2) is 22.7 Å². The zero-order valence-corrected chi connectivity index (χ0v) is 8.13. The zero-order chi connectivity index (χ0) is 8.55. The summed E-state index contributed by atoms with van der Waals surface area (Å²) in [6.07, 6.45) is 0. The number of hydrogen-bond acceptors (Lipinski definition) is 2. The molecule has 1 aliphatic rings. The van der Waals surface area contributed by atoms with Crippen molar-refractivity contribution in [3.05, 3.63) is 33.8 Å². The monoisotopic (exact) mass is 227 g/mol. The molecule has 1 unspecified atom stereocenters. The summed E-state index contributed by atoms with van der Waals surface area (Å²) >= 11 is 3.41. The van der Waals surface area contributed by atoms with Crippen molar-refractivity contribution in [1.29, 1.82) is 0 Å². The van der Waals surface area contributed by atoms with E-state index in [0.29, 0.717) is 0 Å². The molecule has 0 saturated carbocycles. The summed E-state index contributed by atoms with van der Waals surface area (Å²) in [5, 5.41) is 12.3. The lowest BCUT2D eigenvalue weighted by molar-refractivity contribution is 0.251. The Hall–Kier alpha value is -0.380. The molecule has 1 heterocycles. The minimum atomic E-state index is 0.123. The second kappa shape index (κ2) is 3.17. The molecule has 64 valence electrons. The van der Waals surface area contributed by atoms with Gasteiger partial charge >= 0.3 is 0 Å². The van der Waals surface area contributed by atoms with Gasteiger partial charge in [0, 0.05) is 11.0 Å². The third-order valence-electron chi connectivity index (χ3n) is 2.20. The van der Waals surface area contributed by atoms with Crippen molar-refractivity contribution in [1.82, 2.24) is 5.32 Å². The third-order valence-corrected chi connectivity index (χ3v) is 2.70. The Bertz CT molecular complexity index is 301. The minimum Gasteiger partial charge on any atom is -0.394 e. The lowest BCUT2D eigenvalue weighted by Gasteiger charge is -2.07. The Morgan fingerprint density at radius 1 is 1.58 bits per heavy atom. The normalized spacial score (nSPS) is 21.0. The van der Waals surface area contributed by atoms with Gasteiger partial charge in [0.25, 0.3) is 0 Å². The fraction of sp³-hybridized carbons (Fsp3) is 0.333. The molecule has 1 aromatic carbocycles. The highest BCUT2D eigenvalue weighted by Crippen LogP contribution is 2.27. The molecule has 0 radical (unpaired) electrons. The summed E-state index contributed by atoms with van der Waals surface area (Å²) in [5.41, 5.74) is 2.50. The number of aliphatic hydroxyl groups excluding tert-OH is 1. The van der Waals surface area contributed by atoms with Crippen molar-refractivity contribution in [2.45, 2.75) is 12.6 Å². The van der Waals surface area contributed by atoms with E-state index < -0.39 is 0 Å². The van der Waals surface area contributed by atoms with Crippen LogP contribution in [0.2, 0.25) is 0 Å². The first-order chi connectivity index (χ1) is 5.81. The molecule has 1 atom stereocenters. The van der Waals surface area contributed by atoms with E-state index in [4.69, 9.17) is 5.11 Å². The van der Waals surface area contributed by atoms with Gasteiger partial charge in [-0.1, -0.05) is 22.0 Å². The number of rotatable bonds is 1. The summed E-state index contributed by atoms with van der Waals surface area (Å²) in [7, 11) is 0. The van der Waals surface area contributed by atoms with Gasteiger partial charge in [-0.3, -0.25) is 0 Å². The van der Waals surface area contributed by atoms with Crippen molar-refractivity contribution in [2.75, 3.05) is 6.61 Å². The van der Waals surface area contributed by atoms with Crippen LogP contribution in [0.1, 0.15) is 17.2 Å². The molecule has 2 N–H and O–H groups in total. The van der Waals surface area contributed by atoms with Crippen LogP contribution in [0, 0.1) is 0 Å². The fourth-order valence-electron chi connectivity index (χ4n) is 1.56. The van der Waals surface area contributed by atoms with Crippen LogP contribution in [0.25, 0.3) is 0 Å². The first kappa shape index (κ1) is 8.23. The van der Waals surface area contributed by atoms with Crippen LogP contribution in [0.3, 0.4) is 0 Å². The van der Waals surface area contributed by atoms with Crippen LogP contribution >= 0.6 is 15.9 Å². The Morgan fingerprint density at radius 2 is 2.42 bits per heavy atom. The van der Waals surface area contributed by atoms with Crippen LogP contribution in [0.5, 0.6) is 0 Å². The maximum atomic E-state index is 9.03. The van der Waals surface area contributed by atoms with E-state index in [0.717, 1.165) is 11.0 Å². The van der Waals surface area contributed by atoms with Gasteiger partial charge < -0.3 is 10.4 Å². The minimum absolute atomic E-state index is 0.123. The van der Waals surface area contributed by atoms with Gasteiger partial charge in [-0.15, -0.1) is 0 Å². The molecular weight excluding hydrogens is 218 g/mol. The SMILES string of the molecule is OCC1NCc2ccc(Br)cc21. The topological polar surface area (TPSA) is 32.3 Å². The molecule has 12 heavy (non-hydrogen) atoms. The Labute approximate surface area is 79.7 Å². The quantitative estimate of drug-likeness (QED) is 0.764. The first-order valence-electron chi connectivity index (χ1n) is 3.94. The van der Waals surface area contributed by atoms with Crippen molar-refractivity contribution >= 4 is 15.9 Å². The maximum Gasteiger partial charge on any atom is 0.0626 e. The summed E-state index contributed by atoms with van der Waals surface area (Å²) < 4.78 is 1.07. The average Bonchev–Trinajstić information content (AvgIpc) is 2.46. The highest BCUT2D eigenvalue weighted by Gasteiger charge is 2.20. The molecule has 0 amide bonds. The van der Waals surface area contributed by atoms with Crippen LogP contribution in [0.4, 0.5) is 0 Å². The van der Waals surface area contributed by atoms with E-state index in [1.807, 2.05) is 6.07 Å². The van der Waals surface area contributed by atoms with E-state index in [1.165, 1.54) is 11.1 Å². The average molecular weight is 228 g/mol. The summed E-state index contributed by atoms with van der Waals surface area (Å²) in [6.45, 7) is 1.04. The second-order valence-corrected chi connectivity index (χ2v) is 3.87. The Kier molecular flexibility index (Phi) is 2.17. The van der Waals surface area contributed by atoms with Gasteiger partial charge in [-0.2, -0.15) is 0 Å². The smallest absolute Gasteiger partial charge is 0.0626 e.